The van der Waals surface area contributed by atoms with Crippen LogP contribution < -0.4 is 0 Å². The van der Waals surface area contributed by atoms with E-state index in [1.54, 1.807) is 0 Å². The van der Waals surface area contributed by atoms with Gasteiger partial charge in [-0.15, -0.1) is 0 Å². The van der Waals surface area contributed by atoms with Crippen molar-refractivity contribution >= 4 is 0 Å². The lowest BCUT2D eigenvalue weighted by Gasteiger charge is -2.40. The summed E-state index contributed by atoms with van der Waals surface area (Å²) in [5.41, 5.74) is 0. The molecule has 2 aliphatic heterocycles. The highest BCUT2D eigenvalue weighted by atomic mass is 16.7. The lowest BCUT2D eigenvalue weighted by molar-refractivity contribution is -0.315. The Labute approximate surface area is 194 Å². The Hall–Kier alpha value is -0.640. The van der Waals surface area contributed by atoms with Crippen LogP contribution in [-0.2, 0) is 18.9 Å². The minimum Gasteiger partial charge on any atom is -0.394 e. The van der Waals surface area contributed by atoms with E-state index in [2.05, 4.69) is 0 Å². The highest BCUT2D eigenvalue weighted by Crippen LogP contribution is 2.23. The highest BCUT2D eigenvalue weighted by molar-refractivity contribution is 4.90. The largest absolute Gasteiger partial charge is 0.394 e. The summed E-state index contributed by atoms with van der Waals surface area (Å²) >= 11 is 0. The van der Waals surface area contributed by atoms with Crippen LogP contribution in [-0.4, -0.2) is 175 Å². The molecule has 0 radical (unpaired) electrons. The SMILES string of the molecule is OCC(CO)O[C@@H]1OC(CO)[C@@H](O)[C@H](O)C1O.OCC(O)CO[C@@H]1OC(CO)[C@@H](O)[C@H](O)C1O. The van der Waals surface area contributed by atoms with Gasteiger partial charge in [0.2, 0.25) is 0 Å². The van der Waals surface area contributed by atoms with Gasteiger partial charge in [0.1, 0.15) is 61.0 Å². The summed E-state index contributed by atoms with van der Waals surface area (Å²) in [4.78, 5) is 0. The van der Waals surface area contributed by atoms with Gasteiger partial charge in [-0.3, -0.25) is 0 Å². The standard InChI is InChI=1S/2C9H18O8/c10-1-4(12)3-16-9-8(15)7(14)6(13)5(2-11)17-9;10-1-4(2-11)16-9-8(15)7(14)6(13)5(3-12)17-9/h2*4-15H,1-3H2/t4?,5?,6-,7+,8?,9-;5?,6-,7+,8?,9-/m11/s1. The van der Waals surface area contributed by atoms with Gasteiger partial charge in [-0.2, -0.15) is 0 Å². The van der Waals surface area contributed by atoms with Crippen LogP contribution in [0.4, 0.5) is 0 Å². The van der Waals surface area contributed by atoms with Crippen LogP contribution >= 0.6 is 0 Å². The Kier molecular flexibility index (Phi) is 14.3. The first-order valence-corrected chi connectivity index (χ1v) is 10.4. The van der Waals surface area contributed by atoms with Crippen LogP contribution in [0.1, 0.15) is 0 Å². The molecule has 16 nitrogen and oxygen atoms in total. The molecule has 0 amide bonds. The van der Waals surface area contributed by atoms with Crippen LogP contribution in [0.25, 0.3) is 0 Å². The molecule has 12 N–H and O–H groups in total. The Bertz CT molecular complexity index is 532. The predicted molar refractivity (Wildman–Crippen MR) is 106 cm³/mol. The maximum absolute atomic E-state index is 9.56. The zero-order valence-corrected chi connectivity index (χ0v) is 18.2. The average Bonchev–Trinajstić information content (AvgIpc) is 2.85. The zero-order chi connectivity index (χ0) is 26.0. The lowest BCUT2D eigenvalue weighted by atomic mass is 9.99. The molecule has 0 saturated carbocycles. The third-order valence-electron chi connectivity index (χ3n) is 5.09. The summed E-state index contributed by atoms with van der Waals surface area (Å²) in [6, 6.07) is 0. The molecule has 0 bridgehead atoms. The summed E-state index contributed by atoms with van der Waals surface area (Å²) in [5.74, 6) is 0. The van der Waals surface area contributed by atoms with Gasteiger partial charge in [-0.1, -0.05) is 0 Å². The van der Waals surface area contributed by atoms with Gasteiger partial charge in [0.25, 0.3) is 0 Å². The van der Waals surface area contributed by atoms with Gasteiger partial charge >= 0.3 is 0 Å². The van der Waals surface area contributed by atoms with Crippen molar-refractivity contribution in [2.24, 2.45) is 0 Å². The van der Waals surface area contributed by atoms with E-state index in [9.17, 15) is 30.6 Å². The minimum atomic E-state index is -1.54. The molecule has 0 spiro atoms. The Balaban J connectivity index is 0.000000340. The quantitative estimate of drug-likeness (QED) is 0.130. The van der Waals surface area contributed by atoms with Crippen molar-refractivity contribution in [2.45, 2.75) is 73.6 Å². The van der Waals surface area contributed by atoms with Gasteiger partial charge < -0.3 is 80.2 Å². The lowest BCUT2D eigenvalue weighted by Crippen LogP contribution is -2.60. The molecule has 2 rings (SSSR count). The van der Waals surface area contributed by atoms with Crippen molar-refractivity contribution in [1.29, 1.82) is 0 Å². The molecule has 2 saturated heterocycles. The summed E-state index contributed by atoms with van der Waals surface area (Å²) < 4.78 is 19.9. The number of hydrogen-bond acceptors (Lipinski definition) is 16. The molecule has 0 aromatic rings. The monoisotopic (exact) mass is 508 g/mol. The fourth-order valence-corrected chi connectivity index (χ4v) is 2.98. The van der Waals surface area contributed by atoms with Crippen LogP contribution in [0.5, 0.6) is 0 Å². The molecule has 11 atom stereocenters. The van der Waals surface area contributed by atoms with Crippen LogP contribution in [0.15, 0.2) is 0 Å². The maximum Gasteiger partial charge on any atom is 0.187 e. The normalized spacial score (nSPS) is 39.4. The molecule has 2 heterocycles. The van der Waals surface area contributed by atoms with E-state index in [1.807, 2.05) is 0 Å². The smallest absolute Gasteiger partial charge is 0.187 e. The topological polar surface area (TPSA) is 280 Å². The van der Waals surface area contributed by atoms with Crippen molar-refractivity contribution in [3.63, 3.8) is 0 Å². The van der Waals surface area contributed by atoms with E-state index in [-0.39, 0.29) is 6.61 Å². The van der Waals surface area contributed by atoms with Crippen molar-refractivity contribution in [3.8, 4) is 0 Å². The van der Waals surface area contributed by atoms with Crippen molar-refractivity contribution < 1.29 is 80.2 Å². The van der Waals surface area contributed by atoms with E-state index in [0.29, 0.717) is 0 Å². The summed E-state index contributed by atoms with van der Waals surface area (Å²) in [6.45, 7) is -2.92. The zero-order valence-electron chi connectivity index (χ0n) is 18.2. The minimum absolute atomic E-state index is 0.306. The second kappa shape index (κ2) is 15.5. The Morgan fingerprint density at radius 2 is 1.03 bits per heavy atom. The number of aliphatic hydroxyl groups excluding tert-OH is 12. The number of hydrogen-bond donors (Lipinski definition) is 12. The van der Waals surface area contributed by atoms with E-state index >= 15 is 0 Å². The highest BCUT2D eigenvalue weighted by Gasteiger charge is 2.45. The van der Waals surface area contributed by atoms with E-state index in [1.165, 1.54) is 0 Å². The molecule has 2 aliphatic rings. The molecule has 34 heavy (non-hydrogen) atoms. The Morgan fingerprint density at radius 3 is 1.44 bits per heavy atom. The number of aliphatic hydroxyl groups is 12. The third kappa shape index (κ3) is 8.49. The second-order valence-corrected chi connectivity index (χ2v) is 7.69. The Morgan fingerprint density at radius 1 is 0.588 bits per heavy atom. The first kappa shape index (κ1) is 31.4. The molecule has 16 heteroatoms. The molecule has 0 aliphatic carbocycles. The van der Waals surface area contributed by atoms with Gasteiger partial charge in [0, 0.05) is 0 Å². The third-order valence-corrected chi connectivity index (χ3v) is 5.09. The van der Waals surface area contributed by atoms with Gasteiger partial charge in [0.15, 0.2) is 12.6 Å². The van der Waals surface area contributed by atoms with Crippen molar-refractivity contribution in [3.05, 3.63) is 0 Å². The predicted octanol–water partition coefficient (Wildman–Crippen LogP) is -7.69. The maximum atomic E-state index is 9.56. The fourth-order valence-electron chi connectivity index (χ4n) is 2.98. The van der Waals surface area contributed by atoms with E-state index in [4.69, 9.17) is 49.6 Å². The molecule has 204 valence electrons. The van der Waals surface area contributed by atoms with Gasteiger partial charge in [-0.25, -0.2) is 0 Å². The van der Waals surface area contributed by atoms with Gasteiger partial charge in [0.05, 0.1) is 39.6 Å². The molecule has 0 aromatic carbocycles. The summed E-state index contributed by atoms with van der Waals surface area (Å²) in [6.07, 6.45) is -15.9. The second-order valence-electron chi connectivity index (χ2n) is 7.69. The van der Waals surface area contributed by atoms with Gasteiger partial charge in [-0.05, 0) is 0 Å². The van der Waals surface area contributed by atoms with E-state index in [0.717, 1.165) is 0 Å². The number of ether oxygens (including phenoxy) is 4. The molecule has 2 fully saturated rings. The summed E-state index contributed by atoms with van der Waals surface area (Å²) in [7, 11) is 0. The summed E-state index contributed by atoms with van der Waals surface area (Å²) in [5, 5.41) is 110. The van der Waals surface area contributed by atoms with Crippen molar-refractivity contribution in [1.82, 2.24) is 0 Å². The molecular weight excluding hydrogens is 472 g/mol. The van der Waals surface area contributed by atoms with Crippen LogP contribution in [0, 0.1) is 0 Å². The van der Waals surface area contributed by atoms with Crippen molar-refractivity contribution in [2.75, 3.05) is 39.6 Å². The fraction of sp³-hybridized carbons (Fsp3) is 1.00. The number of rotatable bonds is 10. The van der Waals surface area contributed by atoms with Crippen LogP contribution in [0.3, 0.4) is 0 Å². The van der Waals surface area contributed by atoms with Crippen LogP contribution in [0.2, 0.25) is 0 Å². The first-order chi connectivity index (χ1) is 16.1. The molecule has 5 unspecified atom stereocenters. The molecule has 0 aromatic heterocycles. The average molecular weight is 508 g/mol. The first-order valence-electron chi connectivity index (χ1n) is 10.4. The van der Waals surface area contributed by atoms with E-state index < -0.39 is 107 Å². The molecular formula is C18H36O16.